The van der Waals surface area contributed by atoms with Gasteiger partial charge in [-0.3, -0.25) is 4.68 Å². The van der Waals surface area contributed by atoms with Gasteiger partial charge in [0.25, 0.3) is 0 Å². The molecule has 1 aromatic carbocycles. The van der Waals surface area contributed by atoms with Gasteiger partial charge in [0.15, 0.2) is 11.6 Å². The minimum Gasteiger partial charge on any atom is -0.494 e. The van der Waals surface area contributed by atoms with E-state index in [0.717, 1.165) is 24.2 Å². The molecular weight excluding hydrogens is 257 g/mol. The van der Waals surface area contributed by atoms with Gasteiger partial charge in [0.05, 0.1) is 19.3 Å². The maximum absolute atomic E-state index is 13.5. The number of rotatable bonds is 6. The van der Waals surface area contributed by atoms with Crippen molar-refractivity contribution >= 4 is 0 Å². The normalized spacial score (nSPS) is 12.4. The van der Waals surface area contributed by atoms with Crippen LogP contribution in [-0.2, 0) is 6.54 Å². The van der Waals surface area contributed by atoms with Crippen molar-refractivity contribution < 1.29 is 9.13 Å². The highest BCUT2D eigenvalue weighted by Crippen LogP contribution is 2.26. The van der Waals surface area contributed by atoms with Crippen molar-refractivity contribution in [3.05, 3.63) is 47.5 Å². The number of nitrogens with zero attached hydrogens (tertiary/aromatic N) is 2. The van der Waals surface area contributed by atoms with E-state index in [1.807, 2.05) is 30.9 Å². The minimum atomic E-state index is -0.351. The van der Waals surface area contributed by atoms with Gasteiger partial charge in [-0.05, 0) is 31.2 Å². The number of methoxy groups -OCH3 is 1. The summed E-state index contributed by atoms with van der Waals surface area (Å²) in [5.74, 6) is -0.0935. The Bertz CT molecular complexity index is 568. The first-order chi connectivity index (χ1) is 9.69. The molecule has 0 aliphatic carbocycles. The third-order valence-corrected chi connectivity index (χ3v) is 3.23. The fourth-order valence-electron chi connectivity index (χ4n) is 2.19. The van der Waals surface area contributed by atoms with Crippen LogP contribution in [0.3, 0.4) is 0 Å². The molecule has 2 rings (SSSR count). The summed E-state index contributed by atoms with van der Waals surface area (Å²) in [5.41, 5.74) is 2.02. The molecule has 1 N–H and O–H groups in total. The lowest BCUT2D eigenvalue weighted by Gasteiger charge is -2.17. The summed E-state index contributed by atoms with van der Waals surface area (Å²) in [6.45, 7) is 5.71. The summed E-state index contributed by atoms with van der Waals surface area (Å²) in [6, 6.07) is 4.91. The van der Waals surface area contributed by atoms with E-state index in [2.05, 4.69) is 10.4 Å². The van der Waals surface area contributed by atoms with Gasteiger partial charge in [-0.2, -0.15) is 5.10 Å². The Labute approximate surface area is 118 Å². The van der Waals surface area contributed by atoms with Crippen LogP contribution in [0.25, 0.3) is 0 Å². The first-order valence-corrected chi connectivity index (χ1v) is 6.78. The van der Waals surface area contributed by atoms with Crippen molar-refractivity contribution in [3.8, 4) is 5.75 Å². The van der Waals surface area contributed by atoms with Gasteiger partial charge in [0, 0.05) is 18.3 Å². The number of benzene rings is 1. The molecule has 0 fully saturated rings. The van der Waals surface area contributed by atoms with Gasteiger partial charge in [-0.15, -0.1) is 0 Å². The van der Waals surface area contributed by atoms with Gasteiger partial charge >= 0.3 is 0 Å². The molecule has 1 atom stereocenters. The number of nitrogens with one attached hydrogen (secondary N) is 1. The topological polar surface area (TPSA) is 39.1 Å². The van der Waals surface area contributed by atoms with Gasteiger partial charge in [0.2, 0.25) is 0 Å². The van der Waals surface area contributed by atoms with Crippen LogP contribution in [0.5, 0.6) is 5.75 Å². The molecule has 0 bridgehead atoms. The van der Waals surface area contributed by atoms with Gasteiger partial charge < -0.3 is 10.1 Å². The SMILES string of the molecule is CCNC(c1ccc(F)c(OC)c1)c1cnn(CC)c1. The predicted octanol–water partition coefficient (Wildman–Crippen LogP) is 2.75. The average Bonchev–Trinajstić information content (AvgIpc) is 2.94. The van der Waals surface area contributed by atoms with Crippen molar-refractivity contribution in [3.63, 3.8) is 0 Å². The van der Waals surface area contributed by atoms with E-state index in [1.165, 1.54) is 13.2 Å². The van der Waals surface area contributed by atoms with Crippen LogP contribution in [0.1, 0.15) is 31.0 Å². The Kier molecular flexibility index (Phi) is 4.74. The fourth-order valence-corrected chi connectivity index (χ4v) is 2.19. The predicted molar refractivity (Wildman–Crippen MR) is 76.4 cm³/mol. The summed E-state index contributed by atoms with van der Waals surface area (Å²) in [4.78, 5) is 0. The minimum absolute atomic E-state index is 0.0187. The van der Waals surface area contributed by atoms with Gasteiger partial charge in [-0.1, -0.05) is 13.0 Å². The molecule has 0 saturated carbocycles. The molecule has 108 valence electrons. The fraction of sp³-hybridized carbons (Fsp3) is 0.400. The molecule has 0 saturated heterocycles. The Balaban J connectivity index is 2.37. The quantitative estimate of drug-likeness (QED) is 0.882. The summed E-state index contributed by atoms with van der Waals surface area (Å²) >= 11 is 0. The molecule has 0 aliphatic heterocycles. The zero-order chi connectivity index (χ0) is 14.5. The molecule has 4 nitrogen and oxygen atoms in total. The van der Waals surface area contributed by atoms with Crippen LogP contribution in [-0.4, -0.2) is 23.4 Å². The van der Waals surface area contributed by atoms with E-state index in [1.54, 1.807) is 12.1 Å². The molecule has 0 aliphatic rings. The average molecular weight is 277 g/mol. The summed E-state index contributed by atoms with van der Waals surface area (Å²) in [7, 11) is 1.47. The molecule has 0 radical (unpaired) electrons. The highest BCUT2D eigenvalue weighted by Gasteiger charge is 2.16. The third kappa shape index (κ3) is 2.99. The molecule has 1 unspecified atom stereocenters. The lowest BCUT2D eigenvalue weighted by molar-refractivity contribution is 0.385. The highest BCUT2D eigenvalue weighted by molar-refractivity contribution is 5.36. The van der Waals surface area contributed by atoms with Crippen molar-refractivity contribution in [2.75, 3.05) is 13.7 Å². The zero-order valence-corrected chi connectivity index (χ0v) is 12.1. The van der Waals surface area contributed by atoms with E-state index in [4.69, 9.17) is 4.74 Å². The van der Waals surface area contributed by atoms with E-state index in [0.29, 0.717) is 0 Å². The number of ether oxygens (including phenoxy) is 1. The Morgan fingerprint density at radius 1 is 1.35 bits per heavy atom. The van der Waals surface area contributed by atoms with E-state index >= 15 is 0 Å². The second-order valence-electron chi connectivity index (χ2n) is 4.51. The molecule has 5 heteroatoms. The zero-order valence-electron chi connectivity index (χ0n) is 12.1. The largest absolute Gasteiger partial charge is 0.494 e. The van der Waals surface area contributed by atoms with Crippen LogP contribution in [0.4, 0.5) is 4.39 Å². The van der Waals surface area contributed by atoms with Crippen molar-refractivity contribution in [2.45, 2.75) is 26.4 Å². The van der Waals surface area contributed by atoms with E-state index in [-0.39, 0.29) is 17.6 Å². The molecule has 0 amide bonds. The number of aromatic nitrogens is 2. The van der Waals surface area contributed by atoms with Crippen LogP contribution >= 0.6 is 0 Å². The lowest BCUT2D eigenvalue weighted by Crippen LogP contribution is -2.21. The van der Waals surface area contributed by atoms with Crippen molar-refractivity contribution in [2.24, 2.45) is 0 Å². The van der Waals surface area contributed by atoms with E-state index in [9.17, 15) is 4.39 Å². The second kappa shape index (κ2) is 6.52. The Hall–Kier alpha value is -1.88. The maximum Gasteiger partial charge on any atom is 0.165 e. The molecule has 1 aromatic heterocycles. The summed E-state index contributed by atoms with van der Waals surface area (Å²) < 4.78 is 20.4. The van der Waals surface area contributed by atoms with Crippen molar-refractivity contribution in [1.29, 1.82) is 0 Å². The summed E-state index contributed by atoms with van der Waals surface area (Å²) in [5, 5.41) is 7.69. The third-order valence-electron chi connectivity index (χ3n) is 3.23. The van der Waals surface area contributed by atoms with Gasteiger partial charge in [-0.25, -0.2) is 4.39 Å². The molecule has 0 spiro atoms. The summed E-state index contributed by atoms with van der Waals surface area (Å²) in [6.07, 6.45) is 3.84. The molecule has 2 aromatic rings. The van der Waals surface area contributed by atoms with Gasteiger partial charge in [0.1, 0.15) is 0 Å². The number of halogens is 1. The standard InChI is InChI=1S/C15H20FN3O/c1-4-17-15(12-9-18-19(5-2)10-12)11-6-7-13(16)14(8-11)20-3/h6-10,15,17H,4-5H2,1-3H3. The first kappa shape index (κ1) is 14.5. The number of aryl methyl sites for hydroxylation is 1. The monoisotopic (exact) mass is 277 g/mol. The maximum atomic E-state index is 13.5. The Morgan fingerprint density at radius 3 is 2.75 bits per heavy atom. The first-order valence-electron chi connectivity index (χ1n) is 6.78. The number of hydrogen-bond acceptors (Lipinski definition) is 3. The molecule has 20 heavy (non-hydrogen) atoms. The highest BCUT2D eigenvalue weighted by atomic mass is 19.1. The van der Waals surface area contributed by atoms with Crippen LogP contribution < -0.4 is 10.1 Å². The van der Waals surface area contributed by atoms with Crippen LogP contribution in [0, 0.1) is 5.82 Å². The second-order valence-corrected chi connectivity index (χ2v) is 4.51. The van der Waals surface area contributed by atoms with E-state index < -0.39 is 0 Å². The van der Waals surface area contributed by atoms with Crippen LogP contribution in [0.2, 0.25) is 0 Å². The van der Waals surface area contributed by atoms with Crippen molar-refractivity contribution in [1.82, 2.24) is 15.1 Å². The molecule has 1 heterocycles. The lowest BCUT2D eigenvalue weighted by atomic mass is 10.0. The number of hydrogen-bond donors (Lipinski definition) is 1. The smallest absolute Gasteiger partial charge is 0.165 e. The molecular formula is C15H20FN3O. The Morgan fingerprint density at radius 2 is 2.15 bits per heavy atom. The van der Waals surface area contributed by atoms with Crippen LogP contribution in [0.15, 0.2) is 30.6 Å².